The molecule has 124 valence electrons. The third-order valence-corrected chi connectivity index (χ3v) is 5.48. The molecule has 23 heavy (non-hydrogen) atoms. The molecule has 0 fully saturated rings. The molecular formula is C18H24N2O2S. The van der Waals surface area contributed by atoms with Crippen LogP contribution in [0.5, 0.6) is 0 Å². The number of benzene rings is 2. The van der Waals surface area contributed by atoms with Crippen molar-refractivity contribution in [1.29, 1.82) is 0 Å². The molecule has 0 amide bonds. The minimum absolute atomic E-state index is 0.0162. The van der Waals surface area contributed by atoms with E-state index in [-0.39, 0.29) is 6.04 Å². The van der Waals surface area contributed by atoms with E-state index in [1.165, 1.54) is 0 Å². The maximum Gasteiger partial charge on any atom is 0.240 e. The van der Waals surface area contributed by atoms with Gasteiger partial charge < -0.3 is 4.90 Å². The van der Waals surface area contributed by atoms with Crippen LogP contribution in [-0.2, 0) is 10.0 Å². The van der Waals surface area contributed by atoms with E-state index in [0.717, 1.165) is 16.7 Å². The van der Waals surface area contributed by atoms with Crippen LogP contribution >= 0.6 is 0 Å². The Bertz CT molecular complexity index is 756. The molecule has 1 N–H and O–H groups in total. The summed E-state index contributed by atoms with van der Waals surface area (Å²) in [7, 11) is 0.380. The lowest BCUT2D eigenvalue weighted by Crippen LogP contribution is -2.34. The van der Waals surface area contributed by atoms with Crippen molar-refractivity contribution in [1.82, 2.24) is 9.62 Å². The second-order valence-corrected chi connectivity index (χ2v) is 7.76. The Hall–Kier alpha value is -1.69. The standard InChI is InChI=1S/C18H24N2O2S/c1-14-10-11-17(12-15(14)2)23(21,22)19-13-18(20(3)4)16-8-6-5-7-9-16/h5-12,18-19H,13H2,1-4H3. The Morgan fingerprint density at radius 2 is 1.65 bits per heavy atom. The van der Waals surface area contributed by atoms with Crippen LogP contribution in [0, 0.1) is 13.8 Å². The molecule has 2 rings (SSSR count). The number of rotatable bonds is 6. The van der Waals surface area contributed by atoms with Crippen LogP contribution in [-0.4, -0.2) is 34.0 Å². The first-order chi connectivity index (χ1) is 10.8. The summed E-state index contributed by atoms with van der Waals surface area (Å²) in [5, 5.41) is 0. The van der Waals surface area contributed by atoms with E-state index in [0.29, 0.717) is 11.4 Å². The van der Waals surface area contributed by atoms with Crippen molar-refractivity contribution < 1.29 is 8.42 Å². The number of hydrogen-bond donors (Lipinski definition) is 1. The van der Waals surface area contributed by atoms with Gasteiger partial charge in [0.15, 0.2) is 0 Å². The zero-order valence-corrected chi connectivity index (χ0v) is 14.9. The molecular weight excluding hydrogens is 308 g/mol. The molecule has 0 radical (unpaired) electrons. The lowest BCUT2D eigenvalue weighted by molar-refractivity contribution is 0.299. The van der Waals surface area contributed by atoms with Crippen molar-refractivity contribution in [3.63, 3.8) is 0 Å². The molecule has 0 saturated carbocycles. The fourth-order valence-corrected chi connectivity index (χ4v) is 3.55. The average molecular weight is 332 g/mol. The summed E-state index contributed by atoms with van der Waals surface area (Å²) in [5.41, 5.74) is 3.14. The molecule has 0 saturated heterocycles. The Labute approximate surface area is 139 Å². The molecule has 5 heteroatoms. The van der Waals surface area contributed by atoms with E-state index in [1.54, 1.807) is 12.1 Å². The van der Waals surface area contributed by atoms with Gasteiger partial charge >= 0.3 is 0 Å². The molecule has 0 aliphatic heterocycles. The van der Waals surface area contributed by atoms with Crippen LogP contribution in [0.4, 0.5) is 0 Å². The van der Waals surface area contributed by atoms with Gasteiger partial charge in [0.2, 0.25) is 10.0 Å². The minimum Gasteiger partial charge on any atom is -0.301 e. The highest BCUT2D eigenvalue weighted by Crippen LogP contribution is 2.19. The highest BCUT2D eigenvalue weighted by Gasteiger charge is 2.19. The lowest BCUT2D eigenvalue weighted by atomic mass is 10.1. The topological polar surface area (TPSA) is 49.4 Å². The lowest BCUT2D eigenvalue weighted by Gasteiger charge is -2.25. The zero-order chi connectivity index (χ0) is 17.0. The van der Waals surface area contributed by atoms with E-state index < -0.39 is 10.0 Å². The van der Waals surface area contributed by atoms with E-state index in [2.05, 4.69) is 4.72 Å². The Balaban J connectivity index is 2.18. The number of likely N-dealkylation sites (N-methyl/N-ethyl adjacent to an activating group) is 1. The molecule has 0 spiro atoms. The van der Waals surface area contributed by atoms with Crippen molar-refractivity contribution in [2.75, 3.05) is 20.6 Å². The molecule has 0 bridgehead atoms. The molecule has 2 aromatic carbocycles. The Morgan fingerprint density at radius 1 is 1.00 bits per heavy atom. The van der Waals surface area contributed by atoms with Crippen LogP contribution in [0.1, 0.15) is 22.7 Å². The first kappa shape index (κ1) is 17.7. The summed E-state index contributed by atoms with van der Waals surface area (Å²) < 4.78 is 27.8. The summed E-state index contributed by atoms with van der Waals surface area (Å²) >= 11 is 0. The van der Waals surface area contributed by atoms with Gasteiger partial charge in [-0.1, -0.05) is 36.4 Å². The van der Waals surface area contributed by atoms with Crippen LogP contribution in [0.25, 0.3) is 0 Å². The quantitative estimate of drug-likeness (QED) is 0.885. The Kier molecular flexibility index (Phi) is 5.57. The fraction of sp³-hybridized carbons (Fsp3) is 0.333. The molecule has 4 nitrogen and oxygen atoms in total. The van der Waals surface area contributed by atoms with E-state index >= 15 is 0 Å². The highest BCUT2D eigenvalue weighted by atomic mass is 32.2. The predicted molar refractivity (Wildman–Crippen MR) is 94.0 cm³/mol. The second kappa shape index (κ2) is 7.25. The number of hydrogen-bond acceptors (Lipinski definition) is 3. The van der Waals surface area contributed by atoms with Gasteiger partial charge in [-0.15, -0.1) is 0 Å². The average Bonchev–Trinajstić information content (AvgIpc) is 2.50. The van der Waals surface area contributed by atoms with Crippen molar-refractivity contribution in [3.05, 3.63) is 65.2 Å². The van der Waals surface area contributed by atoms with Crippen LogP contribution in [0.3, 0.4) is 0 Å². The number of aryl methyl sites for hydroxylation is 2. The summed E-state index contributed by atoms with van der Waals surface area (Å²) in [6, 6.07) is 15.1. The monoisotopic (exact) mass is 332 g/mol. The Morgan fingerprint density at radius 3 is 2.22 bits per heavy atom. The van der Waals surface area contributed by atoms with Crippen molar-refractivity contribution in [2.24, 2.45) is 0 Å². The largest absolute Gasteiger partial charge is 0.301 e. The normalized spacial score (nSPS) is 13.3. The van der Waals surface area contributed by atoms with Crippen LogP contribution in [0.2, 0.25) is 0 Å². The smallest absolute Gasteiger partial charge is 0.240 e. The van der Waals surface area contributed by atoms with Crippen molar-refractivity contribution >= 4 is 10.0 Å². The fourth-order valence-electron chi connectivity index (χ4n) is 2.43. The molecule has 0 aliphatic carbocycles. The van der Waals surface area contributed by atoms with Gasteiger partial charge in [-0.2, -0.15) is 0 Å². The second-order valence-electron chi connectivity index (χ2n) is 5.99. The van der Waals surface area contributed by atoms with Crippen LogP contribution in [0.15, 0.2) is 53.4 Å². The zero-order valence-electron chi connectivity index (χ0n) is 14.1. The summed E-state index contributed by atoms with van der Waals surface area (Å²) in [4.78, 5) is 2.32. The SMILES string of the molecule is Cc1ccc(S(=O)(=O)NCC(c2ccccc2)N(C)C)cc1C. The number of sulfonamides is 1. The summed E-state index contributed by atoms with van der Waals surface area (Å²) in [6.45, 7) is 4.21. The van der Waals surface area contributed by atoms with Gasteiger partial charge in [-0.3, -0.25) is 0 Å². The van der Waals surface area contributed by atoms with Gasteiger partial charge in [0.25, 0.3) is 0 Å². The first-order valence-electron chi connectivity index (χ1n) is 7.59. The first-order valence-corrected chi connectivity index (χ1v) is 9.08. The molecule has 1 atom stereocenters. The van der Waals surface area contributed by atoms with Gasteiger partial charge in [0.1, 0.15) is 0 Å². The third-order valence-electron chi connectivity index (χ3n) is 4.06. The van der Waals surface area contributed by atoms with E-state index in [9.17, 15) is 8.42 Å². The van der Waals surface area contributed by atoms with Gasteiger partial charge in [0.05, 0.1) is 4.90 Å². The van der Waals surface area contributed by atoms with Gasteiger partial charge in [-0.05, 0) is 56.8 Å². The highest BCUT2D eigenvalue weighted by molar-refractivity contribution is 7.89. The molecule has 0 heterocycles. The van der Waals surface area contributed by atoms with Gasteiger partial charge in [0, 0.05) is 12.6 Å². The predicted octanol–water partition coefficient (Wildman–Crippen LogP) is 2.88. The summed E-state index contributed by atoms with van der Waals surface area (Å²) in [6.07, 6.45) is 0. The molecule has 0 aromatic heterocycles. The molecule has 0 aliphatic rings. The maximum atomic E-state index is 12.5. The maximum absolute atomic E-state index is 12.5. The van der Waals surface area contributed by atoms with Gasteiger partial charge in [-0.25, -0.2) is 13.1 Å². The van der Waals surface area contributed by atoms with E-state index in [4.69, 9.17) is 0 Å². The van der Waals surface area contributed by atoms with Crippen molar-refractivity contribution in [3.8, 4) is 0 Å². The molecule has 1 unspecified atom stereocenters. The minimum atomic E-state index is -3.51. The number of nitrogens with one attached hydrogen (secondary N) is 1. The number of nitrogens with zero attached hydrogens (tertiary/aromatic N) is 1. The van der Waals surface area contributed by atoms with Crippen LogP contribution < -0.4 is 4.72 Å². The van der Waals surface area contributed by atoms with Crippen molar-refractivity contribution in [2.45, 2.75) is 24.8 Å². The summed E-state index contributed by atoms with van der Waals surface area (Å²) in [5.74, 6) is 0. The molecule has 2 aromatic rings. The third kappa shape index (κ3) is 4.41. The van der Waals surface area contributed by atoms with E-state index in [1.807, 2.05) is 69.2 Å².